The van der Waals surface area contributed by atoms with Crippen LogP contribution in [0.4, 0.5) is 0 Å². The second kappa shape index (κ2) is 5.87. The molecule has 0 saturated carbocycles. The van der Waals surface area contributed by atoms with E-state index in [1.807, 2.05) is 0 Å². The summed E-state index contributed by atoms with van der Waals surface area (Å²) in [6.07, 6.45) is 3.73. The molecule has 1 fully saturated rings. The Bertz CT molecular complexity index is 386. The van der Waals surface area contributed by atoms with Gasteiger partial charge in [-0.2, -0.15) is 0 Å². The van der Waals surface area contributed by atoms with Gasteiger partial charge in [-0.3, -0.25) is 0 Å². The molecule has 3 heteroatoms. The van der Waals surface area contributed by atoms with Crippen molar-refractivity contribution in [1.29, 1.82) is 0 Å². The Morgan fingerprint density at radius 1 is 1.47 bits per heavy atom. The minimum absolute atomic E-state index is 0.741. The number of halogens is 1. The second-order valence-electron chi connectivity index (χ2n) is 4.77. The van der Waals surface area contributed by atoms with Crippen molar-refractivity contribution in [3.05, 3.63) is 27.7 Å². The summed E-state index contributed by atoms with van der Waals surface area (Å²) in [4.78, 5) is 0. The molecule has 0 aliphatic carbocycles. The minimum atomic E-state index is 0.741. The van der Waals surface area contributed by atoms with E-state index in [1.54, 1.807) is 7.11 Å². The van der Waals surface area contributed by atoms with Gasteiger partial charge in [0.15, 0.2) is 0 Å². The zero-order valence-electron chi connectivity index (χ0n) is 10.6. The molecular formula is C14H20BrNO. The van der Waals surface area contributed by atoms with Gasteiger partial charge < -0.3 is 10.1 Å². The first kappa shape index (κ1) is 12.9. The van der Waals surface area contributed by atoms with Crippen LogP contribution in [0.5, 0.6) is 5.75 Å². The Morgan fingerprint density at radius 3 is 2.94 bits per heavy atom. The summed E-state index contributed by atoms with van der Waals surface area (Å²) >= 11 is 3.60. The number of nitrogens with one attached hydrogen (secondary N) is 1. The fraction of sp³-hybridized carbons (Fsp3) is 0.571. The Kier molecular flexibility index (Phi) is 4.46. The van der Waals surface area contributed by atoms with E-state index < -0.39 is 0 Å². The molecule has 1 aliphatic heterocycles. The Labute approximate surface area is 112 Å². The number of piperidine rings is 1. The van der Waals surface area contributed by atoms with Crippen molar-refractivity contribution in [1.82, 2.24) is 5.32 Å². The fourth-order valence-corrected chi connectivity index (χ4v) is 2.91. The molecule has 0 bridgehead atoms. The average molecular weight is 298 g/mol. The van der Waals surface area contributed by atoms with E-state index >= 15 is 0 Å². The average Bonchev–Trinajstić information content (AvgIpc) is 2.37. The van der Waals surface area contributed by atoms with Crippen LogP contribution < -0.4 is 10.1 Å². The number of hydrogen-bond donors (Lipinski definition) is 1. The maximum absolute atomic E-state index is 5.48. The first-order valence-corrected chi connectivity index (χ1v) is 7.04. The van der Waals surface area contributed by atoms with Gasteiger partial charge in [-0.15, -0.1) is 0 Å². The molecule has 1 aromatic carbocycles. The zero-order valence-corrected chi connectivity index (χ0v) is 12.1. The van der Waals surface area contributed by atoms with Crippen molar-refractivity contribution >= 4 is 15.9 Å². The van der Waals surface area contributed by atoms with Gasteiger partial charge in [0.05, 0.1) is 7.11 Å². The van der Waals surface area contributed by atoms with Crippen LogP contribution in [0.15, 0.2) is 16.6 Å². The van der Waals surface area contributed by atoms with Crippen LogP contribution in [-0.2, 0) is 6.42 Å². The highest BCUT2D eigenvalue weighted by atomic mass is 79.9. The fourth-order valence-electron chi connectivity index (χ4n) is 2.54. The molecule has 1 N–H and O–H groups in total. The summed E-state index contributed by atoms with van der Waals surface area (Å²) in [6, 6.07) is 4.12. The summed E-state index contributed by atoms with van der Waals surface area (Å²) in [5, 5.41) is 3.47. The molecule has 0 aromatic heterocycles. The predicted molar refractivity (Wildman–Crippen MR) is 74.7 cm³/mol. The highest BCUT2D eigenvalue weighted by molar-refractivity contribution is 9.10. The highest BCUT2D eigenvalue weighted by Gasteiger charge is 2.18. The van der Waals surface area contributed by atoms with Crippen molar-refractivity contribution < 1.29 is 4.74 Å². The van der Waals surface area contributed by atoms with Crippen LogP contribution in [0.3, 0.4) is 0 Å². The summed E-state index contributed by atoms with van der Waals surface area (Å²) in [7, 11) is 1.76. The molecule has 0 radical (unpaired) electrons. The molecule has 17 heavy (non-hydrogen) atoms. The van der Waals surface area contributed by atoms with Crippen LogP contribution in [-0.4, -0.2) is 20.2 Å². The molecule has 1 aromatic rings. The Morgan fingerprint density at radius 2 is 2.29 bits per heavy atom. The lowest BCUT2D eigenvalue weighted by atomic mass is 9.90. The standard InChI is InChI=1S/C14H20BrNO/c1-10-12(8-11-4-3-7-16-9-11)14(17-2)6-5-13(10)15/h5-6,11,16H,3-4,7-9H2,1-2H3. The molecule has 1 heterocycles. The van der Waals surface area contributed by atoms with Crippen LogP contribution in [0.25, 0.3) is 0 Å². The van der Waals surface area contributed by atoms with Gasteiger partial charge in [-0.25, -0.2) is 0 Å². The number of rotatable bonds is 3. The summed E-state index contributed by atoms with van der Waals surface area (Å²) in [5.41, 5.74) is 2.67. The molecule has 2 rings (SSSR count). The molecule has 1 unspecified atom stereocenters. The van der Waals surface area contributed by atoms with Crippen molar-refractivity contribution in [2.24, 2.45) is 5.92 Å². The van der Waals surface area contributed by atoms with Crippen molar-refractivity contribution in [2.75, 3.05) is 20.2 Å². The number of benzene rings is 1. The van der Waals surface area contributed by atoms with E-state index in [0.29, 0.717) is 0 Å². The van der Waals surface area contributed by atoms with Crippen molar-refractivity contribution in [3.8, 4) is 5.75 Å². The van der Waals surface area contributed by atoms with E-state index in [4.69, 9.17) is 4.74 Å². The Hall–Kier alpha value is -0.540. The molecule has 1 aliphatic rings. The summed E-state index contributed by atoms with van der Waals surface area (Å²) in [5.74, 6) is 1.77. The maximum atomic E-state index is 5.48. The first-order chi connectivity index (χ1) is 8.22. The quantitative estimate of drug-likeness (QED) is 0.924. The molecule has 0 amide bonds. The van der Waals surface area contributed by atoms with Crippen LogP contribution in [0.1, 0.15) is 24.0 Å². The van der Waals surface area contributed by atoms with Gasteiger partial charge in [0.2, 0.25) is 0 Å². The molecule has 94 valence electrons. The topological polar surface area (TPSA) is 21.3 Å². The highest BCUT2D eigenvalue weighted by Crippen LogP contribution is 2.31. The first-order valence-electron chi connectivity index (χ1n) is 6.25. The molecule has 2 nitrogen and oxygen atoms in total. The van der Waals surface area contributed by atoms with Gasteiger partial charge in [-0.1, -0.05) is 15.9 Å². The van der Waals surface area contributed by atoms with Gasteiger partial charge in [0.25, 0.3) is 0 Å². The van der Waals surface area contributed by atoms with Gasteiger partial charge in [0, 0.05) is 4.47 Å². The van der Waals surface area contributed by atoms with Crippen molar-refractivity contribution in [3.63, 3.8) is 0 Å². The molecule has 0 spiro atoms. The number of methoxy groups -OCH3 is 1. The van der Waals surface area contributed by atoms with Crippen molar-refractivity contribution in [2.45, 2.75) is 26.2 Å². The van der Waals surface area contributed by atoms with E-state index in [1.165, 1.54) is 35.0 Å². The van der Waals surface area contributed by atoms with Gasteiger partial charge >= 0.3 is 0 Å². The lowest BCUT2D eigenvalue weighted by Gasteiger charge is -2.24. The zero-order chi connectivity index (χ0) is 12.3. The smallest absolute Gasteiger partial charge is 0.122 e. The third-order valence-electron chi connectivity index (χ3n) is 3.60. The SMILES string of the molecule is COc1ccc(Br)c(C)c1CC1CCCNC1. The van der Waals surface area contributed by atoms with E-state index in [0.717, 1.165) is 24.6 Å². The number of hydrogen-bond acceptors (Lipinski definition) is 2. The third kappa shape index (κ3) is 3.02. The third-order valence-corrected chi connectivity index (χ3v) is 4.46. The maximum Gasteiger partial charge on any atom is 0.122 e. The largest absolute Gasteiger partial charge is 0.496 e. The number of ether oxygens (including phenoxy) is 1. The van der Waals surface area contributed by atoms with E-state index in [-0.39, 0.29) is 0 Å². The van der Waals surface area contributed by atoms with Gasteiger partial charge in [0.1, 0.15) is 5.75 Å². The molecule has 1 atom stereocenters. The molecular weight excluding hydrogens is 278 g/mol. The minimum Gasteiger partial charge on any atom is -0.496 e. The van der Waals surface area contributed by atoms with E-state index in [9.17, 15) is 0 Å². The summed E-state index contributed by atoms with van der Waals surface area (Å²) < 4.78 is 6.66. The normalized spacial score (nSPS) is 20.3. The van der Waals surface area contributed by atoms with E-state index in [2.05, 4.69) is 40.3 Å². The lowest BCUT2D eigenvalue weighted by Crippen LogP contribution is -2.31. The Balaban J connectivity index is 2.20. The molecule has 1 saturated heterocycles. The predicted octanol–water partition coefficient (Wildman–Crippen LogP) is 3.31. The van der Waals surface area contributed by atoms with Crippen LogP contribution >= 0.6 is 15.9 Å². The van der Waals surface area contributed by atoms with Crippen LogP contribution in [0.2, 0.25) is 0 Å². The summed E-state index contributed by atoms with van der Waals surface area (Å²) in [6.45, 7) is 4.47. The second-order valence-corrected chi connectivity index (χ2v) is 5.62. The van der Waals surface area contributed by atoms with Crippen LogP contribution in [0, 0.1) is 12.8 Å². The monoisotopic (exact) mass is 297 g/mol. The lowest BCUT2D eigenvalue weighted by molar-refractivity contribution is 0.363. The van der Waals surface area contributed by atoms with Gasteiger partial charge in [-0.05, 0) is 68.5 Å².